The van der Waals surface area contributed by atoms with E-state index >= 15 is 0 Å². The molecule has 0 unspecified atom stereocenters. The van der Waals surface area contributed by atoms with Crippen molar-refractivity contribution in [3.63, 3.8) is 0 Å². The summed E-state index contributed by atoms with van der Waals surface area (Å²) >= 11 is 0. The highest BCUT2D eigenvalue weighted by Gasteiger charge is 2.33. The van der Waals surface area contributed by atoms with Crippen LogP contribution in [0.1, 0.15) is 19.8 Å². The van der Waals surface area contributed by atoms with Crippen molar-refractivity contribution < 1.29 is 27.4 Å². The van der Waals surface area contributed by atoms with Gasteiger partial charge in [-0.25, -0.2) is 4.79 Å². The van der Waals surface area contributed by atoms with E-state index in [9.17, 15) is 18.0 Å². The van der Waals surface area contributed by atoms with Gasteiger partial charge in [-0.1, -0.05) is 19.1 Å². The number of nitrogens with one attached hydrogen (secondary N) is 1. The first-order valence-electron chi connectivity index (χ1n) is 7.87. The zero-order valence-electron chi connectivity index (χ0n) is 13.4. The highest BCUT2D eigenvalue weighted by Crippen LogP contribution is 2.30. The second-order valence-electron chi connectivity index (χ2n) is 5.65. The van der Waals surface area contributed by atoms with E-state index in [1.807, 2.05) is 6.92 Å². The molecule has 2 amide bonds. The summed E-state index contributed by atoms with van der Waals surface area (Å²) in [5.41, 5.74) is -0.00879. The Morgan fingerprint density at radius 2 is 2.12 bits per heavy atom. The van der Waals surface area contributed by atoms with Gasteiger partial charge in [-0.3, -0.25) is 0 Å². The molecular weight excluding hydrogens is 325 g/mol. The highest BCUT2D eigenvalue weighted by atomic mass is 19.4. The number of ether oxygens (including phenoxy) is 2. The number of alkyl halides is 3. The third-order valence-electron chi connectivity index (χ3n) is 3.63. The summed E-state index contributed by atoms with van der Waals surface area (Å²) in [6, 6.07) is 5.04. The number of para-hydroxylation sites is 2. The molecule has 0 bridgehead atoms. The van der Waals surface area contributed by atoms with Crippen molar-refractivity contribution in [1.29, 1.82) is 0 Å². The van der Waals surface area contributed by atoms with Crippen LogP contribution in [0.15, 0.2) is 24.3 Å². The summed E-state index contributed by atoms with van der Waals surface area (Å²) in [4.78, 5) is 13.8. The fraction of sp³-hybridized carbons (Fsp3) is 0.562. The third-order valence-corrected chi connectivity index (χ3v) is 3.63. The number of anilines is 1. The van der Waals surface area contributed by atoms with Crippen molar-refractivity contribution in [1.82, 2.24) is 4.90 Å². The zero-order valence-corrected chi connectivity index (χ0v) is 13.4. The standard InChI is InChI=1S/C16H21F3N2O3/c1-2-9-23-11-12-7-8-21(10-12)15(22)20-13-5-3-4-6-14(13)24-16(17,18)19/h3-6,12H,2,7-11H2,1H3,(H,20,22)/t12-/m0/s1. The molecule has 1 aliphatic heterocycles. The zero-order chi connectivity index (χ0) is 17.6. The molecule has 2 rings (SSSR count). The van der Waals surface area contributed by atoms with Gasteiger partial charge in [-0.05, 0) is 25.0 Å². The van der Waals surface area contributed by atoms with E-state index in [4.69, 9.17) is 4.74 Å². The molecule has 1 heterocycles. The smallest absolute Gasteiger partial charge is 0.404 e. The maximum absolute atomic E-state index is 12.4. The maximum Gasteiger partial charge on any atom is 0.573 e. The second kappa shape index (κ2) is 8.23. The van der Waals surface area contributed by atoms with E-state index < -0.39 is 18.1 Å². The number of carbonyl (C=O) groups excluding carboxylic acids is 1. The van der Waals surface area contributed by atoms with E-state index in [0.717, 1.165) is 18.9 Å². The lowest BCUT2D eigenvalue weighted by Crippen LogP contribution is -2.33. The Morgan fingerprint density at radius 3 is 2.83 bits per heavy atom. The summed E-state index contributed by atoms with van der Waals surface area (Å²) in [7, 11) is 0. The first-order valence-corrected chi connectivity index (χ1v) is 7.87. The van der Waals surface area contributed by atoms with E-state index in [1.54, 1.807) is 4.90 Å². The van der Waals surface area contributed by atoms with Crippen LogP contribution in [-0.4, -0.2) is 43.6 Å². The Hall–Kier alpha value is -1.96. The molecule has 1 saturated heterocycles. The van der Waals surface area contributed by atoms with Crippen LogP contribution in [0.4, 0.5) is 23.7 Å². The van der Waals surface area contributed by atoms with Gasteiger partial charge >= 0.3 is 12.4 Å². The topological polar surface area (TPSA) is 50.8 Å². The van der Waals surface area contributed by atoms with Crippen molar-refractivity contribution in [2.45, 2.75) is 26.1 Å². The van der Waals surface area contributed by atoms with Crippen LogP contribution in [0.2, 0.25) is 0 Å². The van der Waals surface area contributed by atoms with Gasteiger partial charge in [0.2, 0.25) is 0 Å². The molecule has 1 aliphatic rings. The summed E-state index contributed by atoms with van der Waals surface area (Å²) in [6.07, 6.45) is -3.05. The lowest BCUT2D eigenvalue weighted by atomic mass is 10.1. The SMILES string of the molecule is CCCOC[C@H]1CCN(C(=O)Nc2ccccc2OC(F)(F)F)C1. The van der Waals surface area contributed by atoms with Gasteiger partial charge in [0, 0.05) is 25.6 Å². The minimum atomic E-state index is -4.81. The number of benzene rings is 1. The van der Waals surface area contributed by atoms with Gasteiger partial charge in [-0.15, -0.1) is 13.2 Å². The highest BCUT2D eigenvalue weighted by molar-refractivity contribution is 5.91. The van der Waals surface area contributed by atoms with Gasteiger partial charge in [0.15, 0.2) is 5.75 Å². The average molecular weight is 346 g/mol. The third kappa shape index (κ3) is 5.59. The number of urea groups is 1. The van der Waals surface area contributed by atoms with Gasteiger partial charge in [0.1, 0.15) is 0 Å². The quantitative estimate of drug-likeness (QED) is 0.796. The molecule has 0 radical (unpaired) electrons. The Morgan fingerprint density at radius 1 is 1.38 bits per heavy atom. The number of hydrogen-bond acceptors (Lipinski definition) is 3. The monoisotopic (exact) mass is 346 g/mol. The van der Waals surface area contributed by atoms with Crippen LogP contribution < -0.4 is 10.1 Å². The van der Waals surface area contributed by atoms with Crippen LogP contribution in [0.25, 0.3) is 0 Å². The van der Waals surface area contributed by atoms with E-state index in [1.165, 1.54) is 18.2 Å². The molecule has 134 valence electrons. The second-order valence-corrected chi connectivity index (χ2v) is 5.65. The normalized spacial score (nSPS) is 17.8. The molecule has 1 fully saturated rings. The molecule has 0 aliphatic carbocycles. The predicted octanol–water partition coefficient (Wildman–Crippen LogP) is 3.87. The molecule has 1 aromatic rings. The van der Waals surface area contributed by atoms with Crippen molar-refractivity contribution in [3.05, 3.63) is 24.3 Å². The molecule has 0 spiro atoms. The molecule has 1 aromatic carbocycles. The van der Waals surface area contributed by atoms with Crippen molar-refractivity contribution in [2.24, 2.45) is 5.92 Å². The lowest BCUT2D eigenvalue weighted by Gasteiger charge is -2.19. The largest absolute Gasteiger partial charge is 0.573 e. The first-order chi connectivity index (χ1) is 11.4. The summed E-state index contributed by atoms with van der Waals surface area (Å²) in [5, 5.41) is 2.48. The van der Waals surface area contributed by atoms with Crippen LogP contribution >= 0.6 is 0 Å². The van der Waals surface area contributed by atoms with Gasteiger partial charge in [-0.2, -0.15) is 0 Å². The molecule has 0 saturated carbocycles. The van der Waals surface area contributed by atoms with Crippen LogP contribution in [-0.2, 0) is 4.74 Å². The Balaban J connectivity index is 1.91. The predicted molar refractivity (Wildman–Crippen MR) is 82.9 cm³/mol. The molecule has 24 heavy (non-hydrogen) atoms. The number of amides is 2. The van der Waals surface area contributed by atoms with Crippen molar-refractivity contribution in [2.75, 3.05) is 31.6 Å². The van der Waals surface area contributed by atoms with E-state index in [0.29, 0.717) is 26.3 Å². The summed E-state index contributed by atoms with van der Waals surface area (Å²) in [5.74, 6) is -0.177. The molecule has 8 heteroatoms. The summed E-state index contributed by atoms with van der Waals surface area (Å²) < 4.78 is 46.6. The maximum atomic E-state index is 12.4. The van der Waals surface area contributed by atoms with E-state index in [2.05, 4.69) is 10.1 Å². The van der Waals surface area contributed by atoms with Crippen LogP contribution in [0, 0.1) is 5.92 Å². The fourth-order valence-electron chi connectivity index (χ4n) is 2.53. The molecule has 1 N–H and O–H groups in total. The molecule has 0 aromatic heterocycles. The van der Waals surface area contributed by atoms with E-state index in [-0.39, 0.29) is 11.6 Å². The number of nitrogens with zero attached hydrogens (tertiary/aromatic N) is 1. The fourth-order valence-corrected chi connectivity index (χ4v) is 2.53. The Kier molecular flexibility index (Phi) is 6.30. The van der Waals surface area contributed by atoms with Crippen molar-refractivity contribution >= 4 is 11.7 Å². The van der Waals surface area contributed by atoms with Gasteiger partial charge in [0.05, 0.1) is 12.3 Å². The number of likely N-dealkylation sites (tertiary alicyclic amines) is 1. The molecule has 1 atom stereocenters. The minimum absolute atomic E-state index is 0.00879. The number of carbonyl (C=O) groups is 1. The van der Waals surface area contributed by atoms with Gasteiger partial charge in [0.25, 0.3) is 0 Å². The van der Waals surface area contributed by atoms with Crippen molar-refractivity contribution in [3.8, 4) is 5.75 Å². The van der Waals surface area contributed by atoms with Crippen LogP contribution in [0.5, 0.6) is 5.75 Å². The molecule has 5 nitrogen and oxygen atoms in total. The average Bonchev–Trinajstić information content (AvgIpc) is 2.97. The summed E-state index contributed by atoms with van der Waals surface area (Å²) in [6.45, 7) is 4.37. The minimum Gasteiger partial charge on any atom is -0.404 e. The lowest BCUT2D eigenvalue weighted by molar-refractivity contribution is -0.274. The van der Waals surface area contributed by atoms with Gasteiger partial charge < -0.3 is 19.7 Å². The van der Waals surface area contributed by atoms with Crippen LogP contribution in [0.3, 0.4) is 0 Å². The molecular formula is C16H21F3N2O3. The Bertz CT molecular complexity index is 552. The number of hydrogen-bond donors (Lipinski definition) is 1. The first kappa shape index (κ1) is 18.4. The number of halogens is 3. The Labute approximate surface area is 138 Å². The number of rotatable bonds is 6.